The van der Waals surface area contributed by atoms with E-state index in [0.717, 1.165) is 25.7 Å². The molecule has 3 N–H and O–H groups in total. The molecule has 0 bridgehead atoms. The summed E-state index contributed by atoms with van der Waals surface area (Å²) in [4.78, 5) is 33.9. The highest BCUT2D eigenvalue weighted by atomic mass is 31.2. The van der Waals surface area contributed by atoms with Gasteiger partial charge in [-0.25, -0.2) is 4.57 Å². The minimum absolute atomic E-state index is 0.0563. The molecule has 0 rings (SSSR count). The SMILES string of the molecule is CCCCCCCCCCCCCCC(=O)OC(COC(=O)CCCCC)COP(=O)(O)OCCN. The number of ether oxygens (including phenoxy) is 2. The van der Waals surface area contributed by atoms with E-state index in [1.165, 1.54) is 57.8 Å². The highest BCUT2D eigenvalue weighted by Crippen LogP contribution is 2.43. The normalized spacial score (nSPS) is 13.8. The van der Waals surface area contributed by atoms with Gasteiger partial charge in [0.25, 0.3) is 0 Å². The fourth-order valence-corrected chi connectivity index (χ4v) is 4.40. The molecule has 0 spiro atoms. The Morgan fingerprint density at radius 1 is 0.722 bits per heavy atom. The first-order valence-corrected chi connectivity index (χ1v) is 15.5. The van der Waals surface area contributed by atoms with E-state index in [2.05, 4.69) is 11.4 Å². The number of phosphoric ester groups is 1. The second-order valence-corrected chi connectivity index (χ2v) is 10.7. The Labute approximate surface area is 218 Å². The van der Waals surface area contributed by atoms with Gasteiger partial charge in [0.1, 0.15) is 6.61 Å². The summed E-state index contributed by atoms with van der Waals surface area (Å²) >= 11 is 0. The van der Waals surface area contributed by atoms with Crippen molar-refractivity contribution in [3.05, 3.63) is 0 Å². The molecule has 0 aromatic carbocycles. The van der Waals surface area contributed by atoms with E-state index in [1.807, 2.05) is 6.92 Å². The third kappa shape index (κ3) is 23.4. The van der Waals surface area contributed by atoms with Gasteiger partial charge in [-0.1, -0.05) is 97.3 Å². The van der Waals surface area contributed by atoms with Crippen molar-refractivity contribution in [1.29, 1.82) is 0 Å². The Morgan fingerprint density at radius 2 is 1.19 bits per heavy atom. The summed E-state index contributed by atoms with van der Waals surface area (Å²) in [5.74, 6) is -0.856. The van der Waals surface area contributed by atoms with Crippen LogP contribution in [-0.2, 0) is 32.7 Å². The molecule has 0 amide bonds. The molecule has 0 radical (unpaired) electrons. The van der Waals surface area contributed by atoms with Crippen LogP contribution in [-0.4, -0.2) is 49.3 Å². The average Bonchev–Trinajstić information content (AvgIpc) is 2.85. The molecule has 0 heterocycles. The zero-order valence-electron chi connectivity index (χ0n) is 22.8. The van der Waals surface area contributed by atoms with Crippen LogP contribution in [0.2, 0.25) is 0 Å². The lowest BCUT2D eigenvalue weighted by molar-refractivity contribution is -0.161. The molecule has 36 heavy (non-hydrogen) atoms. The highest BCUT2D eigenvalue weighted by molar-refractivity contribution is 7.47. The molecule has 0 saturated carbocycles. The van der Waals surface area contributed by atoms with E-state index in [1.54, 1.807) is 0 Å². The van der Waals surface area contributed by atoms with E-state index in [4.69, 9.17) is 19.7 Å². The number of nitrogens with two attached hydrogens (primary N) is 1. The number of hydrogen-bond acceptors (Lipinski definition) is 8. The van der Waals surface area contributed by atoms with Crippen molar-refractivity contribution in [2.45, 2.75) is 129 Å². The van der Waals surface area contributed by atoms with Gasteiger partial charge in [-0.05, 0) is 12.8 Å². The predicted molar refractivity (Wildman–Crippen MR) is 141 cm³/mol. The topological polar surface area (TPSA) is 134 Å². The second kappa shape index (κ2) is 24.4. The first kappa shape index (κ1) is 35.0. The number of hydrogen-bond donors (Lipinski definition) is 2. The smallest absolute Gasteiger partial charge is 0.462 e. The molecule has 0 fully saturated rings. The lowest BCUT2D eigenvalue weighted by Crippen LogP contribution is -2.29. The molecule has 0 aliphatic rings. The van der Waals surface area contributed by atoms with E-state index in [0.29, 0.717) is 12.8 Å². The monoisotopic (exact) mass is 537 g/mol. The molecule has 0 aliphatic carbocycles. The minimum atomic E-state index is -4.34. The van der Waals surface area contributed by atoms with Crippen molar-refractivity contribution in [3.63, 3.8) is 0 Å². The van der Waals surface area contributed by atoms with Crippen LogP contribution < -0.4 is 5.73 Å². The molecule has 214 valence electrons. The Hall–Kier alpha value is -0.990. The van der Waals surface area contributed by atoms with E-state index >= 15 is 0 Å². The van der Waals surface area contributed by atoms with Crippen LogP contribution in [0.5, 0.6) is 0 Å². The summed E-state index contributed by atoms with van der Waals surface area (Å²) in [7, 11) is -4.34. The molecule has 10 heteroatoms. The summed E-state index contributed by atoms with van der Waals surface area (Å²) in [6.07, 6.45) is 16.5. The average molecular weight is 538 g/mol. The maximum atomic E-state index is 12.3. The van der Waals surface area contributed by atoms with Crippen LogP contribution in [0.4, 0.5) is 0 Å². The molecule has 2 atom stereocenters. The first-order valence-electron chi connectivity index (χ1n) is 14.0. The fourth-order valence-electron chi connectivity index (χ4n) is 3.63. The van der Waals surface area contributed by atoms with Crippen LogP contribution in [0, 0.1) is 0 Å². The second-order valence-electron chi connectivity index (χ2n) is 9.28. The largest absolute Gasteiger partial charge is 0.472 e. The van der Waals surface area contributed by atoms with Crippen molar-refractivity contribution >= 4 is 19.8 Å². The molecule has 0 saturated heterocycles. The standard InChI is InChI=1S/C26H52NO8P/c1-3-5-7-8-9-10-11-12-13-14-15-17-19-26(29)35-24(22-32-25(28)18-16-6-4-2)23-34-36(30,31)33-21-20-27/h24H,3-23,27H2,1-2H3,(H,30,31). The van der Waals surface area contributed by atoms with Crippen LogP contribution in [0.3, 0.4) is 0 Å². The van der Waals surface area contributed by atoms with E-state index in [9.17, 15) is 19.0 Å². The maximum Gasteiger partial charge on any atom is 0.472 e. The molecular formula is C26H52NO8P. The van der Waals surface area contributed by atoms with Gasteiger partial charge >= 0.3 is 19.8 Å². The van der Waals surface area contributed by atoms with Gasteiger partial charge in [0, 0.05) is 19.4 Å². The number of carbonyl (C=O) groups excluding carboxylic acids is 2. The lowest BCUT2D eigenvalue weighted by Gasteiger charge is -2.19. The van der Waals surface area contributed by atoms with Gasteiger partial charge in [-0.2, -0.15) is 0 Å². The lowest BCUT2D eigenvalue weighted by atomic mass is 10.0. The number of carbonyl (C=O) groups is 2. The molecule has 0 aromatic rings. The third-order valence-corrected chi connectivity index (χ3v) is 6.73. The van der Waals surface area contributed by atoms with E-state index in [-0.39, 0.29) is 32.6 Å². The van der Waals surface area contributed by atoms with Crippen LogP contribution in [0.15, 0.2) is 0 Å². The highest BCUT2D eigenvalue weighted by Gasteiger charge is 2.25. The zero-order valence-corrected chi connectivity index (χ0v) is 23.7. The van der Waals surface area contributed by atoms with Crippen LogP contribution in [0.25, 0.3) is 0 Å². The Balaban J connectivity index is 4.23. The van der Waals surface area contributed by atoms with Gasteiger partial charge in [0.15, 0.2) is 6.10 Å². The third-order valence-electron chi connectivity index (χ3n) is 5.74. The molecule has 2 unspecified atom stereocenters. The fraction of sp³-hybridized carbons (Fsp3) is 0.923. The van der Waals surface area contributed by atoms with Gasteiger partial charge in [0.2, 0.25) is 0 Å². The molecular weight excluding hydrogens is 485 g/mol. The summed E-state index contributed by atoms with van der Waals surface area (Å²) in [6, 6.07) is 0. The van der Waals surface area contributed by atoms with Crippen molar-refractivity contribution in [2.75, 3.05) is 26.4 Å². The van der Waals surface area contributed by atoms with Crippen molar-refractivity contribution in [2.24, 2.45) is 5.73 Å². The van der Waals surface area contributed by atoms with Crippen LogP contribution in [0.1, 0.15) is 123 Å². The molecule has 0 aliphatic heterocycles. The minimum Gasteiger partial charge on any atom is -0.462 e. The quantitative estimate of drug-likeness (QED) is 0.0750. The number of rotatable bonds is 26. The van der Waals surface area contributed by atoms with Gasteiger partial charge < -0.3 is 20.1 Å². The Morgan fingerprint density at radius 3 is 1.75 bits per heavy atom. The Kier molecular flexibility index (Phi) is 23.7. The number of unbranched alkanes of at least 4 members (excludes halogenated alkanes) is 13. The van der Waals surface area contributed by atoms with Crippen molar-refractivity contribution < 1.29 is 37.6 Å². The number of phosphoric acid groups is 1. The summed E-state index contributed by atoms with van der Waals surface area (Å²) in [5, 5.41) is 0. The van der Waals surface area contributed by atoms with Gasteiger partial charge in [-0.3, -0.25) is 18.6 Å². The van der Waals surface area contributed by atoms with Crippen LogP contribution >= 0.6 is 7.82 Å². The predicted octanol–water partition coefficient (Wildman–Crippen LogP) is 6.21. The molecule has 9 nitrogen and oxygen atoms in total. The van der Waals surface area contributed by atoms with Crippen molar-refractivity contribution in [1.82, 2.24) is 0 Å². The summed E-state index contributed by atoms with van der Waals surface area (Å²) < 4.78 is 32.0. The number of esters is 2. The van der Waals surface area contributed by atoms with Gasteiger partial charge in [0.05, 0.1) is 13.2 Å². The molecule has 0 aromatic heterocycles. The van der Waals surface area contributed by atoms with E-state index < -0.39 is 32.5 Å². The van der Waals surface area contributed by atoms with Crippen molar-refractivity contribution in [3.8, 4) is 0 Å². The Bertz CT molecular complexity index is 590. The maximum absolute atomic E-state index is 12.3. The first-order chi connectivity index (χ1) is 17.3. The zero-order chi connectivity index (χ0) is 26.9. The summed E-state index contributed by atoms with van der Waals surface area (Å²) in [6.45, 7) is 3.51. The van der Waals surface area contributed by atoms with Gasteiger partial charge in [-0.15, -0.1) is 0 Å². The summed E-state index contributed by atoms with van der Waals surface area (Å²) in [5.41, 5.74) is 5.27.